The van der Waals surface area contributed by atoms with Crippen molar-refractivity contribution in [2.75, 3.05) is 26.2 Å². The van der Waals surface area contributed by atoms with Gasteiger partial charge < -0.3 is 9.72 Å². The van der Waals surface area contributed by atoms with E-state index in [1.165, 1.54) is 25.7 Å². The van der Waals surface area contributed by atoms with Gasteiger partial charge in [-0.15, -0.1) is 0 Å². The summed E-state index contributed by atoms with van der Waals surface area (Å²) < 4.78 is 2.01. The molecule has 0 radical (unpaired) electrons. The Morgan fingerprint density at radius 2 is 2.00 bits per heavy atom. The molecule has 3 rings (SSSR count). The predicted octanol–water partition coefficient (Wildman–Crippen LogP) is 1.87. The molecule has 0 unspecified atom stereocenters. The molecule has 1 aliphatic heterocycles. The molecule has 0 aromatic carbocycles. The number of nitrogens with zero attached hydrogens (tertiary/aromatic N) is 3. The predicted molar refractivity (Wildman–Crippen MR) is 86.8 cm³/mol. The van der Waals surface area contributed by atoms with Crippen LogP contribution in [0.25, 0.3) is 5.65 Å². The summed E-state index contributed by atoms with van der Waals surface area (Å²) in [5, 5.41) is 3.01. The van der Waals surface area contributed by atoms with E-state index in [4.69, 9.17) is 0 Å². The lowest BCUT2D eigenvalue weighted by Gasteiger charge is -2.18. The fourth-order valence-corrected chi connectivity index (χ4v) is 2.99. The SMILES string of the molecule is O=C(CN1CCCCCC1)NCCc1cn2ccccc2n1. The van der Waals surface area contributed by atoms with Crippen LogP contribution in [0.1, 0.15) is 31.4 Å². The molecule has 22 heavy (non-hydrogen) atoms. The van der Waals surface area contributed by atoms with Crippen molar-refractivity contribution in [3.63, 3.8) is 0 Å². The van der Waals surface area contributed by atoms with Crippen LogP contribution in [-0.4, -0.2) is 46.4 Å². The van der Waals surface area contributed by atoms with Gasteiger partial charge in [0.1, 0.15) is 5.65 Å². The first-order chi connectivity index (χ1) is 10.8. The number of likely N-dealkylation sites (tertiary alicyclic amines) is 1. The van der Waals surface area contributed by atoms with Crippen LogP contribution in [0.2, 0.25) is 0 Å². The van der Waals surface area contributed by atoms with Crippen LogP contribution in [0.4, 0.5) is 0 Å². The molecule has 2 aromatic rings. The molecule has 1 fully saturated rings. The Kier molecular flexibility index (Phi) is 5.06. The van der Waals surface area contributed by atoms with E-state index in [9.17, 15) is 4.79 Å². The second kappa shape index (κ2) is 7.40. The van der Waals surface area contributed by atoms with Crippen molar-refractivity contribution in [2.24, 2.45) is 0 Å². The number of pyridine rings is 1. The van der Waals surface area contributed by atoms with Gasteiger partial charge in [-0.25, -0.2) is 4.98 Å². The molecule has 118 valence electrons. The Hall–Kier alpha value is -1.88. The topological polar surface area (TPSA) is 49.6 Å². The van der Waals surface area contributed by atoms with Gasteiger partial charge >= 0.3 is 0 Å². The first kappa shape index (κ1) is 15.0. The maximum atomic E-state index is 12.0. The van der Waals surface area contributed by atoms with Crippen LogP contribution < -0.4 is 5.32 Å². The fourth-order valence-electron chi connectivity index (χ4n) is 2.99. The highest BCUT2D eigenvalue weighted by atomic mass is 16.2. The van der Waals surface area contributed by atoms with E-state index in [1.807, 2.05) is 35.0 Å². The van der Waals surface area contributed by atoms with Crippen molar-refractivity contribution in [2.45, 2.75) is 32.1 Å². The molecule has 0 atom stereocenters. The molecule has 0 spiro atoms. The van der Waals surface area contributed by atoms with Crippen molar-refractivity contribution < 1.29 is 4.79 Å². The average Bonchev–Trinajstić information content (AvgIpc) is 2.75. The van der Waals surface area contributed by atoms with Gasteiger partial charge in [0.05, 0.1) is 12.2 Å². The maximum absolute atomic E-state index is 12.0. The second-order valence-corrected chi connectivity index (χ2v) is 5.99. The minimum atomic E-state index is 0.130. The Bertz CT molecular complexity index is 581. The molecule has 3 heterocycles. The van der Waals surface area contributed by atoms with E-state index in [-0.39, 0.29) is 5.91 Å². The number of carbonyl (C=O) groups is 1. The summed E-state index contributed by atoms with van der Waals surface area (Å²) in [6, 6.07) is 5.96. The summed E-state index contributed by atoms with van der Waals surface area (Å²) in [7, 11) is 0. The molecule has 0 aliphatic carbocycles. The first-order valence-corrected chi connectivity index (χ1v) is 8.23. The van der Waals surface area contributed by atoms with Crippen LogP contribution in [0.5, 0.6) is 0 Å². The number of fused-ring (bicyclic) bond motifs is 1. The van der Waals surface area contributed by atoms with Crippen LogP contribution >= 0.6 is 0 Å². The number of carbonyl (C=O) groups excluding carboxylic acids is 1. The minimum absolute atomic E-state index is 0.130. The second-order valence-electron chi connectivity index (χ2n) is 5.99. The lowest BCUT2D eigenvalue weighted by Crippen LogP contribution is -2.38. The summed E-state index contributed by atoms with van der Waals surface area (Å²) in [6.07, 6.45) is 9.81. The van der Waals surface area contributed by atoms with Gasteiger partial charge in [-0.1, -0.05) is 18.9 Å². The Morgan fingerprint density at radius 1 is 1.18 bits per heavy atom. The Balaban J connectivity index is 1.43. The van der Waals surface area contributed by atoms with E-state index in [0.717, 1.165) is 30.9 Å². The third-order valence-electron chi connectivity index (χ3n) is 4.18. The molecule has 1 N–H and O–H groups in total. The summed E-state index contributed by atoms with van der Waals surface area (Å²) in [5.41, 5.74) is 1.97. The highest BCUT2D eigenvalue weighted by Crippen LogP contribution is 2.09. The van der Waals surface area contributed by atoms with Gasteiger partial charge in [0, 0.05) is 25.4 Å². The van der Waals surface area contributed by atoms with Gasteiger partial charge in [-0.2, -0.15) is 0 Å². The van der Waals surface area contributed by atoms with Crippen molar-refractivity contribution in [3.05, 3.63) is 36.3 Å². The summed E-state index contributed by atoms with van der Waals surface area (Å²) in [5.74, 6) is 0.130. The molecule has 1 saturated heterocycles. The van der Waals surface area contributed by atoms with E-state index in [0.29, 0.717) is 13.1 Å². The fraction of sp³-hybridized carbons (Fsp3) is 0.529. The molecule has 1 amide bonds. The first-order valence-electron chi connectivity index (χ1n) is 8.23. The van der Waals surface area contributed by atoms with Crippen LogP contribution in [0, 0.1) is 0 Å². The van der Waals surface area contributed by atoms with Gasteiger partial charge in [-0.05, 0) is 38.1 Å². The number of hydrogen-bond acceptors (Lipinski definition) is 3. The molecule has 2 aromatic heterocycles. The maximum Gasteiger partial charge on any atom is 0.234 e. The number of nitrogens with one attached hydrogen (secondary N) is 1. The number of aromatic nitrogens is 2. The largest absolute Gasteiger partial charge is 0.355 e. The summed E-state index contributed by atoms with van der Waals surface area (Å²) in [4.78, 5) is 18.8. The van der Waals surface area contributed by atoms with E-state index in [2.05, 4.69) is 15.2 Å². The van der Waals surface area contributed by atoms with Gasteiger partial charge in [0.2, 0.25) is 5.91 Å². The van der Waals surface area contributed by atoms with Gasteiger partial charge in [0.15, 0.2) is 0 Å². The Labute approximate surface area is 131 Å². The van der Waals surface area contributed by atoms with E-state index >= 15 is 0 Å². The zero-order valence-electron chi connectivity index (χ0n) is 13.0. The van der Waals surface area contributed by atoms with Crippen molar-refractivity contribution in [3.8, 4) is 0 Å². The minimum Gasteiger partial charge on any atom is -0.355 e. The zero-order valence-corrected chi connectivity index (χ0v) is 13.0. The highest BCUT2D eigenvalue weighted by molar-refractivity contribution is 5.78. The molecule has 5 heteroatoms. The monoisotopic (exact) mass is 300 g/mol. The standard InChI is InChI=1S/C17H24N4O/c22-17(14-20-10-4-1-2-5-11-20)18-9-8-15-13-21-12-6-3-7-16(21)19-15/h3,6-7,12-13H,1-2,4-5,8-11,14H2,(H,18,22). The molecular formula is C17H24N4O. The quantitative estimate of drug-likeness (QED) is 0.917. The number of imidazole rings is 1. The normalized spacial score (nSPS) is 16.5. The molecule has 5 nitrogen and oxygen atoms in total. The highest BCUT2D eigenvalue weighted by Gasteiger charge is 2.12. The van der Waals surface area contributed by atoms with Crippen molar-refractivity contribution >= 4 is 11.6 Å². The lowest BCUT2D eigenvalue weighted by molar-refractivity contribution is -0.122. The molecule has 1 aliphatic rings. The summed E-state index contributed by atoms with van der Waals surface area (Å²) >= 11 is 0. The third-order valence-corrected chi connectivity index (χ3v) is 4.18. The van der Waals surface area contributed by atoms with Crippen LogP contribution in [-0.2, 0) is 11.2 Å². The third kappa shape index (κ3) is 4.07. The average molecular weight is 300 g/mol. The number of rotatable bonds is 5. The Morgan fingerprint density at radius 3 is 2.77 bits per heavy atom. The van der Waals surface area contributed by atoms with E-state index < -0.39 is 0 Å². The number of hydrogen-bond donors (Lipinski definition) is 1. The summed E-state index contributed by atoms with van der Waals surface area (Å²) in [6.45, 7) is 3.29. The van der Waals surface area contributed by atoms with Gasteiger partial charge in [-0.3, -0.25) is 9.69 Å². The lowest BCUT2D eigenvalue weighted by atomic mass is 10.2. The van der Waals surface area contributed by atoms with Crippen LogP contribution in [0.15, 0.2) is 30.6 Å². The van der Waals surface area contributed by atoms with Crippen molar-refractivity contribution in [1.82, 2.24) is 19.6 Å². The van der Waals surface area contributed by atoms with Gasteiger partial charge in [0.25, 0.3) is 0 Å². The van der Waals surface area contributed by atoms with Crippen molar-refractivity contribution in [1.29, 1.82) is 0 Å². The van der Waals surface area contributed by atoms with E-state index in [1.54, 1.807) is 0 Å². The molecule has 0 saturated carbocycles. The zero-order chi connectivity index (χ0) is 15.2. The smallest absolute Gasteiger partial charge is 0.234 e. The number of amides is 1. The van der Waals surface area contributed by atoms with Crippen LogP contribution in [0.3, 0.4) is 0 Å². The molecule has 0 bridgehead atoms. The molecular weight excluding hydrogens is 276 g/mol.